The molecule has 7 heteroatoms. The molecule has 0 aliphatic carbocycles. The molecule has 56 valence electrons. The quantitative estimate of drug-likeness (QED) is 0.626. The summed E-state index contributed by atoms with van der Waals surface area (Å²) in [5.74, 6) is 0. The Labute approximate surface area is 66.4 Å². The van der Waals surface area contributed by atoms with E-state index in [1.165, 1.54) is 0 Å². The Balaban J connectivity index is 3.32. The summed E-state index contributed by atoms with van der Waals surface area (Å²) >= 11 is 0.775. The lowest BCUT2D eigenvalue weighted by atomic mass is 10.6. The van der Waals surface area contributed by atoms with E-state index < -0.39 is 9.05 Å². The number of aryl methyl sites for hydroxylation is 1. The highest BCUT2D eigenvalue weighted by molar-refractivity contribution is 8.15. The van der Waals surface area contributed by atoms with Crippen LogP contribution < -0.4 is 0 Å². The smallest absolute Gasteiger partial charge is 0.206 e. The van der Waals surface area contributed by atoms with Crippen LogP contribution in [0, 0.1) is 6.92 Å². The van der Waals surface area contributed by atoms with Gasteiger partial charge in [0.1, 0.15) is 0 Å². The van der Waals surface area contributed by atoms with Crippen LogP contribution in [0.3, 0.4) is 0 Å². The Morgan fingerprint density at radius 1 is 1.60 bits per heavy atom. The first-order valence-corrected chi connectivity index (χ1v) is 5.33. The molecule has 0 saturated carbocycles. The molecule has 1 rings (SSSR count). The second kappa shape index (κ2) is 2.44. The molecule has 0 saturated heterocycles. The summed E-state index contributed by atoms with van der Waals surface area (Å²) in [6.07, 6.45) is 0. The maximum Gasteiger partial charge on any atom is 0.274 e. The lowest BCUT2D eigenvalue weighted by molar-refractivity contribution is 0.610. The molecule has 0 radical (unpaired) electrons. The third-order valence-corrected chi connectivity index (χ3v) is 3.81. The molecule has 1 heterocycles. The van der Waals surface area contributed by atoms with Gasteiger partial charge in [-0.2, -0.15) is 0 Å². The second-order valence-electron chi connectivity index (χ2n) is 1.58. The molecule has 0 aliphatic heterocycles. The Kier molecular flexibility index (Phi) is 1.93. The van der Waals surface area contributed by atoms with Crippen molar-refractivity contribution in [1.29, 1.82) is 0 Å². The van der Waals surface area contributed by atoms with Crippen LogP contribution in [-0.2, 0) is 9.05 Å². The van der Waals surface area contributed by atoms with Gasteiger partial charge in [0.15, 0.2) is 4.21 Å². The van der Waals surface area contributed by atoms with Gasteiger partial charge in [-0.1, -0.05) is 4.49 Å². The Morgan fingerprint density at radius 3 is 2.40 bits per heavy atom. The van der Waals surface area contributed by atoms with E-state index >= 15 is 0 Å². The van der Waals surface area contributed by atoms with Crippen LogP contribution in [0.5, 0.6) is 0 Å². The molecule has 0 aromatic carbocycles. The van der Waals surface area contributed by atoms with Gasteiger partial charge < -0.3 is 0 Å². The zero-order valence-electron chi connectivity index (χ0n) is 4.91. The predicted octanol–water partition coefficient (Wildman–Crippen LogP) is 0.774. The van der Waals surface area contributed by atoms with Gasteiger partial charge in [-0.3, -0.25) is 0 Å². The van der Waals surface area contributed by atoms with E-state index in [9.17, 15) is 8.42 Å². The molecule has 0 amide bonds. The van der Waals surface area contributed by atoms with Gasteiger partial charge >= 0.3 is 0 Å². The van der Waals surface area contributed by atoms with E-state index in [0.29, 0.717) is 5.69 Å². The standard InChI is InChI=1S/C3H3ClN2O2S2/c1-2-3(9-6-5-2)10(4,7)8/h1H3. The number of aromatic nitrogens is 2. The molecule has 4 nitrogen and oxygen atoms in total. The van der Waals surface area contributed by atoms with E-state index in [1.54, 1.807) is 6.92 Å². The Morgan fingerprint density at radius 2 is 2.20 bits per heavy atom. The highest BCUT2D eigenvalue weighted by atomic mass is 35.7. The van der Waals surface area contributed by atoms with Gasteiger partial charge in [0, 0.05) is 22.2 Å². The summed E-state index contributed by atoms with van der Waals surface area (Å²) in [4.78, 5) is 0. The molecular formula is C3H3ClN2O2S2. The fourth-order valence-electron chi connectivity index (χ4n) is 0.447. The molecule has 1 aromatic rings. The van der Waals surface area contributed by atoms with Gasteiger partial charge in [0.05, 0.1) is 5.69 Å². The monoisotopic (exact) mass is 198 g/mol. The fraction of sp³-hybridized carbons (Fsp3) is 0.333. The maximum atomic E-state index is 10.6. The maximum absolute atomic E-state index is 10.6. The van der Waals surface area contributed by atoms with Gasteiger partial charge in [0.25, 0.3) is 9.05 Å². The second-order valence-corrected chi connectivity index (χ2v) is 5.10. The average molecular weight is 199 g/mol. The molecule has 0 spiro atoms. The molecule has 0 aliphatic rings. The summed E-state index contributed by atoms with van der Waals surface area (Å²) in [7, 11) is 1.38. The van der Waals surface area contributed by atoms with Crippen LogP contribution in [0.2, 0.25) is 0 Å². The first-order chi connectivity index (χ1) is 4.52. The molecule has 0 N–H and O–H groups in total. The van der Waals surface area contributed by atoms with Crippen molar-refractivity contribution in [1.82, 2.24) is 9.59 Å². The van der Waals surface area contributed by atoms with E-state index in [-0.39, 0.29) is 4.21 Å². The van der Waals surface area contributed by atoms with Gasteiger partial charge in [-0.05, 0) is 6.92 Å². The zero-order valence-corrected chi connectivity index (χ0v) is 7.29. The molecule has 10 heavy (non-hydrogen) atoms. The van der Waals surface area contributed by atoms with Crippen LogP contribution in [0.25, 0.3) is 0 Å². The third-order valence-electron chi connectivity index (χ3n) is 0.831. The molecule has 1 aromatic heterocycles. The van der Waals surface area contributed by atoms with Gasteiger partial charge in [0.2, 0.25) is 0 Å². The predicted molar refractivity (Wildman–Crippen MR) is 37.7 cm³/mol. The molecule has 0 unspecified atom stereocenters. The Hall–Kier alpha value is -0.200. The SMILES string of the molecule is Cc1nnsc1S(=O)(=O)Cl. The number of nitrogens with zero attached hydrogens (tertiary/aromatic N) is 2. The lowest BCUT2D eigenvalue weighted by Gasteiger charge is -1.85. The summed E-state index contributed by atoms with van der Waals surface area (Å²) < 4.78 is 24.7. The highest BCUT2D eigenvalue weighted by Gasteiger charge is 2.16. The van der Waals surface area contributed by atoms with Crippen molar-refractivity contribution >= 4 is 31.3 Å². The lowest BCUT2D eigenvalue weighted by Crippen LogP contribution is -1.88. The van der Waals surface area contributed by atoms with E-state index in [1.807, 2.05) is 0 Å². The highest BCUT2D eigenvalue weighted by Crippen LogP contribution is 2.20. The summed E-state index contributed by atoms with van der Waals surface area (Å²) in [5.41, 5.74) is 0.347. The molecular weight excluding hydrogens is 196 g/mol. The number of hydrogen-bond donors (Lipinski definition) is 0. The number of hydrogen-bond acceptors (Lipinski definition) is 5. The largest absolute Gasteiger partial charge is 0.274 e. The summed E-state index contributed by atoms with van der Waals surface area (Å²) in [6, 6.07) is 0. The van der Waals surface area contributed by atoms with Crippen molar-refractivity contribution < 1.29 is 8.42 Å². The number of rotatable bonds is 1. The van der Waals surface area contributed by atoms with Gasteiger partial charge in [-0.25, -0.2) is 8.42 Å². The third kappa shape index (κ3) is 1.44. The minimum absolute atomic E-state index is 0.0224. The average Bonchev–Trinajstić information content (AvgIpc) is 2.11. The summed E-state index contributed by atoms with van der Waals surface area (Å²) in [6.45, 7) is 1.54. The van der Waals surface area contributed by atoms with E-state index in [0.717, 1.165) is 11.5 Å². The van der Waals surface area contributed by atoms with E-state index in [4.69, 9.17) is 10.7 Å². The molecule has 0 bridgehead atoms. The molecule has 0 atom stereocenters. The van der Waals surface area contributed by atoms with Crippen molar-refractivity contribution in [3.63, 3.8) is 0 Å². The van der Waals surface area contributed by atoms with Crippen LogP contribution in [0.15, 0.2) is 4.21 Å². The van der Waals surface area contributed by atoms with Crippen molar-refractivity contribution in [3.05, 3.63) is 5.69 Å². The van der Waals surface area contributed by atoms with Crippen LogP contribution >= 0.6 is 22.2 Å². The topological polar surface area (TPSA) is 59.9 Å². The zero-order chi connectivity index (χ0) is 7.78. The van der Waals surface area contributed by atoms with Crippen molar-refractivity contribution in [2.75, 3.05) is 0 Å². The summed E-state index contributed by atoms with van der Waals surface area (Å²) in [5, 5.41) is 3.49. The van der Waals surface area contributed by atoms with Crippen molar-refractivity contribution in [2.24, 2.45) is 0 Å². The van der Waals surface area contributed by atoms with Crippen LogP contribution in [-0.4, -0.2) is 18.0 Å². The van der Waals surface area contributed by atoms with Crippen molar-refractivity contribution in [2.45, 2.75) is 11.1 Å². The first-order valence-electron chi connectivity index (χ1n) is 2.25. The number of halogens is 1. The molecule has 0 fully saturated rings. The van der Waals surface area contributed by atoms with Gasteiger partial charge in [-0.15, -0.1) is 5.10 Å². The minimum atomic E-state index is -3.62. The normalized spacial score (nSPS) is 11.8. The van der Waals surface area contributed by atoms with Crippen molar-refractivity contribution in [3.8, 4) is 0 Å². The minimum Gasteiger partial charge on any atom is -0.206 e. The first kappa shape index (κ1) is 7.90. The van der Waals surface area contributed by atoms with Crippen LogP contribution in [0.4, 0.5) is 0 Å². The fourth-order valence-corrected chi connectivity index (χ4v) is 2.30. The van der Waals surface area contributed by atoms with E-state index in [2.05, 4.69) is 9.59 Å². The van der Waals surface area contributed by atoms with Crippen LogP contribution in [0.1, 0.15) is 5.69 Å². The Bertz CT molecular complexity index is 330.